The van der Waals surface area contributed by atoms with Gasteiger partial charge >= 0.3 is 0 Å². The maximum atomic E-state index is 11.7. The molecule has 1 amide bonds. The van der Waals surface area contributed by atoms with Crippen LogP contribution in [0.2, 0.25) is 0 Å². The van der Waals surface area contributed by atoms with Gasteiger partial charge in [0.15, 0.2) is 0 Å². The van der Waals surface area contributed by atoms with Crippen molar-refractivity contribution in [2.75, 3.05) is 13.1 Å². The van der Waals surface area contributed by atoms with E-state index in [1.807, 2.05) is 0 Å². The highest BCUT2D eigenvalue weighted by molar-refractivity contribution is 5.78. The van der Waals surface area contributed by atoms with E-state index in [-0.39, 0.29) is 5.91 Å². The summed E-state index contributed by atoms with van der Waals surface area (Å²) in [6, 6.07) is 0.422. The molecule has 0 aromatic rings. The Hall–Kier alpha value is -0.570. The van der Waals surface area contributed by atoms with Crippen molar-refractivity contribution in [3.05, 3.63) is 0 Å². The lowest BCUT2D eigenvalue weighted by Crippen LogP contribution is -2.42. The van der Waals surface area contributed by atoms with Crippen LogP contribution in [-0.4, -0.2) is 25.0 Å². The van der Waals surface area contributed by atoms with Crippen LogP contribution in [-0.2, 0) is 4.79 Å². The summed E-state index contributed by atoms with van der Waals surface area (Å²) in [5.74, 6) is 0.136. The molecule has 0 aliphatic heterocycles. The highest BCUT2D eigenvalue weighted by Crippen LogP contribution is 2.34. The minimum atomic E-state index is 0.136. The molecule has 0 aromatic carbocycles. The highest BCUT2D eigenvalue weighted by Gasteiger charge is 2.26. The summed E-state index contributed by atoms with van der Waals surface area (Å²) in [6.45, 7) is 7.82. The predicted octanol–water partition coefficient (Wildman–Crippen LogP) is 2.46. The van der Waals surface area contributed by atoms with Crippen molar-refractivity contribution in [3.8, 4) is 0 Å². The average Bonchev–Trinajstić information content (AvgIpc) is 2.34. The Kier molecular flexibility index (Phi) is 5.96. The zero-order chi connectivity index (χ0) is 12.7. The molecule has 1 rings (SSSR count). The molecule has 1 atom stereocenters. The van der Waals surface area contributed by atoms with Crippen LogP contribution in [0.3, 0.4) is 0 Å². The first-order chi connectivity index (χ1) is 8.06. The number of carbonyl (C=O) groups is 1. The molecule has 3 nitrogen and oxygen atoms in total. The van der Waals surface area contributed by atoms with Crippen LogP contribution in [0.4, 0.5) is 0 Å². The number of hydrogen-bond donors (Lipinski definition) is 2. The molecule has 0 heterocycles. The topological polar surface area (TPSA) is 41.1 Å². The fourth-order valence-electron chi connectivity index (χ4n) is 2.37. The van der Waals surface area contributed by atoms with Gasteiger partial charge in [-0.25, -0.2) is 0 Å². The number of nitrogens with one attached hydrogen (secondary N) is 2. The van der Waals surface area contributed by atoms with Gasteiger partial charge in [0.1, 0.15) is 0 Å². The van der Waals surface area contributed by atoms with Gasteiger partial charge in [0.05, 0.1) is 6.54 Å². The Morgan fingerprint density at radius 3 is 2.53 bits per heavy atom. The zero-order valence-corrected chi connectivity index (χ0v) is 11.6. The molecule has 2 N–H and O–H groups in total. The Balaban J connectivity index is 2.18. The van der Waals surface area contributed by atoms with Crippen molar-refractivity contribution >= 4 is 5.91 Å². The van der Waals surface area contributed by atoms with E-state index in [1.54, 1.807) is 0 Å². The second kappa shape index (κ2) is 7.00. The predicted molar refractivity (Wildman–Crippen MR) is 72.0 cm³/mol. The molecule has 1 aliphatic carbocycles. The first-order valence-corrected chi connectivity index (χ1v) is 7.06. The molecule has 0 saturated heterocycles. The molecule has 100 valence electrons. The molecule has 1 saturated carbocycles. The third-order valence-electron chi connectivity index (χ3n) is 4.00. The van der Waals surface area contributed by atoms with E-state index in [4.69, 9.17) is 0 Å². The maximum absolute atomic E-state index is 11.7. The van der Waals surface area contributed by atoms with Crippen LogP contribution in [0.1, 0.15) is 59.3 Å². The molecule has 0 spiro atoms. The van der Waals surface area contributed by atoms with E-state index >= 15 is 0 Å². The number of carbonyl (C=O) groups excluding carboxylic acids is 1. The van der Waals surface area contributed by atoms with Crippen molar-refractivity contribution in [1.29, 1.82) is 0 Å². The van der Waals surface area contributed by atoms with Crippen molar-refractivity contribution in [3.63, 3.8) is 0 Å². The van der Waals surface area contributed by atoms with Crippen molar-refractivity contribution in [2.45, 2.75) is 65.3 Å². The molecular formula is C14H28N2O. The molecule has 17 heavy (non-hydrogen) atoms. The van der Waals surface area contributed by atoms with Crippen molar-refractivity contribution < 1.29 is 4.79 Å². The van der Waals surface area contributed by atoms with Gasteiger partial charge in [0, 0.05) is 12.6 Å². The van der Waals surface area contributed by atoms with E-state index < -0.39 is 0 Å². The lowest BCUT2D eigenvalue weighted by atomic mass is 9.76. The van der Waals surface area contributed by atoms with Gasteiger partial charge in [0.25, 0.3) is 0 Å². The Morgan fingerprint density at radius 1 is 1.29 bits per heavy atom. The van der Waals surface area contributed by atoms with E-state index in [1.165, 1.54) is 32.1 Å². The third-order valence-corrected chi connectivity index (χ3v) is 4.00. The molecule has 1 fully saturated rings. The first kappa shape index (κ1) is 14.5. The van der Waals surface area contributed by atoms with Crippen LogP contribution in [0.15, 0.2) is 0 Å². The van der Waals surface area contributed by atoms with Gasteiger partial charge in [-0.2, -0.15) is 0 Å². The average molecular weight is 240 g/mol. The summed E-state index contributed by atoms with van der Waals surface area (Å²) in [5.41, 5.74) is 0.338. The Labute approximate surface area is 106 Å². The summed E-state index contributed by atoms with van der Waals surface area (Å²) in [6.07, 6.45) is 7.57. The van der Waals surface area contributed by atoms with Crippen LogP contribution >= 0.6 is 0 Å². The Bertz CT molecular complexity index is 234. The zero-order valence-electron chi connectivity index (χ0n) is 11.6. The smallest absolute Gasteiger partial charge is 0.233 e. The largest absolute Gasteiger partial charge is 0.354 e. The number of amides is 1. The lowest BCUT2D eigenvalue weighted by molar-refractivity contribution is -0.120. The monoisotopic (exact) mass is 240 g/mol. The summed E-state index contributed by atoms with van der Waals surface area (Å²) in [4.78, 5) is 11.7. The van der Waals surface area contributed by atoms with E-state index in [0.717, 1.165) is 13.0 Å². The normalized spacial score (nSPS) is 20.9. The molecule has 0 aromatic heterocycles. The first-order valence-electron chi connectivity index (χ1n) is 7.06. The van der Waals surface area contributed by atoms with Gasteiger partial charge in [-0.15, -0.1) is 0 Å². The van der Waals surface area contributed by atoms with Crippen molar-refractivity contribution in [2.24, 2.45) is 5.41 Å². The molecular weight excluding hydrogens is 212 g/mol. The summed E-state index contributed by atoms with van der Waals surface area (Å²) < 4.78 is 0. The van der Waals surface area contributed by atoms with Crippen LogP contribution in [0.25, 0.3) is 0 Å². The van der Waals surface area contributed by atoms with Crippen LogP contribution in [0, 0.1) is 5.41 Å². The number of rotatable bonds is 6. The minimum Gasteiger partial charge on any atom is -0.354 e. The molecule has 3 heteroatoms. The van der Waals surface area contributed by atoms with Gasteiger partial charge < -0.3 is 10.6 Å². The van der Waals surface area contributed by atoms with Gasteiger partial charge in [0.2, 0.25) is 5.91 Å². The van der Waals surface area contributed by atoms with Crippen LogP contribution in [0.5, 0.6) is 0 Å². The summed E-state index contributed by atoms with van der Waals surface area (Å²) in [7, 11) is 0. The second-order valence-corrected chi connectivity index (χ2v) is 5.84. The van der Waals surface area contributed by atoms with Crippen molar-refractivity contribution in [1.82, 2.24) is 10.6 Å². The molecule has 0 bridgehead atoms. The molecule has 1 unspecified atom stereocenters. The Morgan fingerprint density at radius 2 is 1.94 bits per heavy atom. The quantitative estimate of drug-likeness (QED) is 0.749. The van der Waals surface area contributed by atoms with E-state index in [9.17, 15) is 4.79 Å². The molecule has 0 radical (unpaired) electrons. The molecule has 1 aliphatic rings. The maximum Gasteiger partial charge on any atom is 0.233 e. The lowest BCUT2D eigenvalue weighted by Gasteiger charge is -2.33. The summed E-state index contributed by atoms with van der Waals surface area (Å²) >= 11 is 0. The van der Waals surface area contributed by atoms with E-state index in [0.29, 0.717) is 18.0 Å². The fourth-order valence-corrected chi connectivity index (χ4v) is 2.37. The van der Waals surface area contributed by atoms with E-state index in [2.05, 4.69) is 31.4 Å². The standard InChI is InChI=1S/C14H28N2O/c1-4-12(2)15-10-13(17)16-11-14(3)8-6-5-7-9-14/h12,15H,4-11H2,1-3H3,(H,16,17). The highest BCUT2D eigenvalue weighted by atomic mass is 16.1. The van der Waals surface area contributed by atoms with Crippen LogP contribution < -0.4 is 10.6 Å². The second-order valence-electron chi connectivity index (χ2n) is 5.84. The van der Waals surface area contributed by atoms with Gasteiger partial charge in [-0.1, -0.05) is 33.1 Å². The fraction of sp³-hybridized carbons (Fsp3) is 0.929. The summed E-state index contributed by atoms with van der Waals surface area (Å²) in [5, 5.41) is 6.29. The SMILES string of the molecule is CCC(C)NCC(=O)NCC1(C)CCCCC1. The number of hydrogen-bond acceptors (Lipinski definition) is 2. The third kappa shape index (κ3) is 5.53. The van der Waals surface area contributed by atoms with Gasteiger partial charge in [-0.05, 0) is 31.6 Å². The minimum absolute atomic E-state index is 0.136. The van der Waals surface area contributed by atoms with Gasteiger partial charge in [-0.3, -0.25) is 4.79 Å².